The summed E-state index contributed by atoms with van der Waals surface area (Å²) in [7, 11) is 0. The number of nitrogens with zero attached hydrogens (tertiary/aromatic N) is 1. The molecule has 0 bridgehead atoms. The van der Waals surface area contributed by atoms with Gasteiger partial charge in [-0.1, -0.05) is 44.0 Å². The summed E-state index contributed by atoms with van der Waals surface area (Å²) in [5.41, 5.74) is 0.442. The van der Waals surface area contributed by atoms with Crippen molar-refractivity contribution in [2.45, 2.75) is 5.92 Å². The first kappa shape index (κ1) is 14.9. The van der Waals surface area contributed by atoms with Crippen molar-refractivity contribution in [3.05, 3.63) is 68.4 Å². The Labute approximate surface area is 132 Å². The second-order valence-corrected chi connectivity index (χ2v) is 5.94. The van der Waals surface area contributed by atoms with Crippen LogP contribution in [0.1, 0.15) is 21.8 Å². The summed E-state index contributed by atoms with van der Waals surface area (Å²) in [6, 6.07) is 12.9. The van der Waals surface area contributed by atoms with Crippen LogP contribution in [0.5, 0.6) is 0 Å². The third-order valence-corrected chi connectivity index (χ3v) is 3.75. The Morgan fingerprint density at radius 3 is 2.50 bits per heavy atom. The minimum atomic E-state index is -1.03. The monoisotopic (exact) mass is 395 g/mol. The lowest BCUT2D eigenvalue weighted by Gasteiger charge is -2.10. The molecule has 1 unspecified atom stereocenters. The molecule has 0 aliphatic heterocycles. The molecule has 0 aliphatic rings. The number of carbonyl (C=O) groups excluding carboxylic acids is 1. The van der Waals surface area contributed by atoms with Gasteiger partial charge in [-0.3, -0.25) is 4.79 Å². The summed E-state index contributed by atoms with van der Waals surface area (Å²) in [4.78, 5) is 12.4. The molecule has 1 atom stereocenters. The number of Topliss-reactive ketones (excluding diaryl/α,β-unsaturated/α-hetero) is 1. The van der Waals surface area contributed by atoms with Gasteiger partial charge < -0.3 is 0 Å². The number of halogens is 3. The highest BCUT2D eigenvalue weighted by Crippen LogP contribution is 2.26. The zero-order valence-corrected chi connectivity index (χ0v) is 13.3. The van der Waals surface area contributed by atoms with Gasteiger partial charge in [0.1, 0.15) is 11.7 Å². The molecule has 0 amide bonds. The van der Waals surface area contributed by atoms with Crippen molar-refractivity contribution in [2.75, 3.05) is 0 Å². The molecule has 0 spiro atoms. The summed E-state index contributed by atoms with van der Waals surface area (Å²) in [5, 5.41) is 9.24. The van der Waals surface area contributed by atoms with E-state index in [-0.39, 0.29) is 5.56 Å². The van der Waals surface area contributed by atoms with Crippen LogP contribution >= 0.6 is 31.9 Å². The average Bonchev–Trinajstić information content (AvgIpc) is 2.42. The smallest absolute Gasteiger partial charge is 0.187 e. The van der Waals surface area contributed by atoms with E-state index in [9.17, 15) is 14.4 Å². The Kier molecular flexibility index (Phi) is 4.69. The van der Waals surface area contributed by atoms with Crippen LogP contribution in [0.3, 0.4) is 0 Å². The third kappa shape index (κ3) is 3.14. The van der Waals surface area contributed by atoms with Crippen LogP contribution in [0.15, 0.2) is 51.4 Å². The maximum Gasteiger partial charge on any atom is 0.187 e. The fourth-order valence-corrected chi connectivity index (χ4v) is 2.59. The largest absolute Gasteiger partial charge is 0.292 e. The first-order valence-electron chi connectivity index (χ1n) is 5.67. The highest BCUT2D eigenvalue weighted by Gasteiger charge is 2.24. The Bertz CT molecular complexity index is 709. The molecule has 0 aliphatic carbocycles. The zero-order valence-electron chi connectivity index (χ0n) is 10.1. The summed E-state index contributed by atoms with van der Waals surface area (Å²) in [6.45, 7) is 0. The molecule has 100 valence electrons. The topological polar surface area (TPSA) is 40.9 Å². The summed E-state index contributed by atoms with van der Waals surface area (Å²) in [6.07, 6.45) is 0. The van der Waals surface area contributed by atoms with E-state index in [2.05, 4.69) is 31.9 Å². The van der Waals surface area contributed by atoms with Gasteiger partial charge in [-0.25, -0.2) is 4.39 Å². The van der Waals surface area contributed by atoms with Crippen LogP contribution in [0.2, 0.25) is 0 Å². The number of benzene rings is 2. The molecule has 0 aromatic heterocycles. The molecule has 5 heteroatoms. The number of hydrogen-bond donors (Lipinski definition) is 0. The SMILES string of the molecule is N#CC(C(=O)c1cc(Br)ccc1F)c1cccc(Br)c1. The van der Waals surface area contributed by atoms with Crippen molar-refractivity contribution in [3.63, 3.8) is 0 Å². The molecule has 2 aromatic carbocycles. The highest BCUT2D eigenvalue weighted by atomic mass is 79.9. The van der Waals surface area contributed by atoms with E-state index in [1.165, 1.54) is 18.2 Å². The van der Waals surface area contributed by atoms with E-state index in [4.69, 9.17) is 0 Å². The van der Waals surface area contributed by atoms with Crippen LogP contribution in [-0.4, -0.2) is 5.78 Å². The van der Waals surface area contributed by atoms with Gasteiger partial charge in [-0.05, 0) is 35.9 Å². The van der Waals surface area contributed by atoms with E-state index < -0.39 is 17.5 Å². The van der Waals surface area contributed by atoms with Crippen LogP contribution < -0.4 is 0 Å². The molecular formula is C15H8Br2FNO. The quantitative estimate of drug-likeness (QED) is 0.696. The predicted molar refractivity (Wildman–Crippen MR) is 80.9 cm³/mol. The minimum Gasteiger partial charge on any atom is -0.292 e. The van der Waals surface area contributed by atoms with E-state index >= 15 is 0 Å². The van der Waals surface area contributed by atoms with Crippen LogP contribution in [0, 0.1) is 17.1 Å². The standard InChI is InChI=1S/C15H8Br2FNO/c16-10-3-1-2-9(6-10)13(8-19)15(20)12-7-11(17)4-5-14(12)18/h1-7,13H. The first-order valence-corrected chi connectivity index (χ1v) is 7.26. The molecule has 2 nitrogen and oxygen atoms in total. The molecule has 0 heterocycles. The van der Waals surface area contributed by atoms with Gasteiger partial charge >= 0.3 is 0 Å². The van der Waals surface area contributed by atoms with Crippen LogP contribution in [0.4, 0.5) is 4.39 Å². The van der Waals surface area contributed by atoms with Gasteiger partial charge in [0.15, 0.2) is 5.78 Å². The van der Waals surface area contributed by atoms with Crippen molar-refractivity contribution in [1.29, 1.82) is 5.26 Å². The van der Waals surface area contributed by atoms with Gasteiger partial charge in [-0.2, -0.15) is 5.26 Å². The Morgan fingerprint density at radius 2 is 1.85 bits per heavy atom. The van der Waals surface area contributed by atoms with E-state index in [1.807, 2.05) is 6.07 Å². The normalized spacial score (nSPS) is 11.7. The second-order valence-electron chi connectivity index (χ2n) is 4.11. The van der Waals surface area contributed by atoms with Gasteiger partial charge in [-0.15, -0.1) is 0 Å². The van der Waals surface area contributed by atoms with E-state index in [0.29, 0.717) is 10.0 Å². The molecule has 0 N–H and O–H groups in total. The molecule has 2 rings (SSSR count). The number of ketones is 1. The van der Waals surface area contributed by atoms with Gasteiger partial charge in [0.05, 0.1) is 11.6 Å². The van der Waals surface area contributed by atoms with Gasteiger partial charge in [0, 0.05) is 8.95 Å². The summed E-state index contributed by atoms with van der Waals surface area (Å²) < 4.78 is 15.1. The fourth-order valence-electron chi connectivity index (χ4n) is 1.81. The molecule has 0 saturated carbocycles. The Balaban J connectivity index is 2.45. The van der Waals surface area contributed by atoms with Crippen LogP contribution in [-0.2, 0) is 0 Å². The highest BCUT2D eigenvalue weighted by molar-refractivity contribution is 9.10. The van der Waals surface area contributed by atoms with Crippen molar-refractivity contribution >= 4 is 37.6 Å². The molecule has 2 aromatic rings. The lowest BCUT2D eigenvalue weighted by molar-refractivity contribution is 0.0975. The number of nitriles is 1. The lowest BCUT2D eigenvalue weighted by Crippen LogP contribution is -2.13. The summed E-state index contributed by atoms with van der Waals surface area (Å²) in [5.74, 6) is -2.21. The van der Waals surface area contributed by atoms with Gasteiger partial charge in [0.2, 0.25) is 0 Å². The molecular weight excluding hydrogens is 389 g/mol. The minimum absolute atomic E-state index is 0.0918. The Morgan fingerprint density at radius 1 is 1.15 bits per heavy atom. The third-order valence-electron chi connectivity index (χ3n) is 2.77. The number of hydrogen-bond acceptors (Lipinski definition) is 2. The molecule has 20 heavy (non-hydrogen) atoms. The van der Waals surface area contributed by atoms with Crippen molar-refractivity contribution in [3.8, 4) is 6.07 Å². The first-order chi connectivity index (χ1) is 9.52. The fraction of sp³-hybridized carbons (Fsp3) is 0.0667. The molecule has 0 fully saturated rings. The van der Waals surface area contributed by atoms with Gasteiger partial charge in [0.25, 0.3) is 0 Å². The molecule has 0 saturated heterocycles. The van der Waals surface area contributed by atoms with E-state index in [1.54, 1.807) is 24.3 Å². The summed E-state index contributed by atoms with van der Waals surface area (Å²) >= 11 is 6.48. The predicted octanol–water partition coefficient (Wildman–Crippen LogP) is 4.84. The average molecular weight is 397 g/mol. The molecule has 0 radical (unpaired) electrons. The zero-order chi connectivity index (χ0) is 14.7. The van der Waals surface area contributed by atoms with Crippen molar-refractivity contribution in [2.24, 2.45) is 0 Å². The van der Waals surface area contributed by atoms with Crippen molar-refractivity contribution < 1.29 is 9.18 Å². The maximum atomic E-state index is 13.8. The maximum absolute atomic E-state index is 13.8. The van der Waals surface area contributed by atoms with Crippen molar-refractivity contribution in [1.82, 2.24) is 0 Å². The number of rotatable bonds is 3. The lowest BCUT2D eigenvalue weighted by atomic mass is 9.92. The second kappa shape index (κ2) is 6.29. The number of carbonyl (C=O) groups is 1. The Hall–Kier alpha value is -1.51. The van der Waals surface area contributed by atoms with E-state index in [0.717, 1.165) is 4.47 Å². The van der Waals surface area contributed by atoms with Crippen LogP contribution in [0.25, 0.3) is 0 Å².